The van der Waals surface area contributed by atoms with Crippen molar-refractivity contribution in [3.05, 3.63) is 94.8 Å². The lowest BCUT2D eigenvalue weighted by molar-refractivity contribution is 0.111. The molecule has 134 valence electrons. The molecule has 0 atom stereocenters. The minimum absolute atomic E-state index is 0.650. The first kappa shape index (κ1) is 17.9. The van der Waals surface area contributed by atoms with Crippen LogP contribution >= 0.6 is 23.4 Å². The highest BCUT2D eigenvalue weighted by Gasteiger charge is 2.16. The standard InChI is InChI=1S/C23H18ClNOS/c1-16-7-9-19-12-20(22(14-26)25(19)13-16)21-11-18(24)8-10-23(21)27-15-17-5-3-2-4-6-17/h2-14H,15H2,1H3. The summed E-state index contributed by atoms with van der Waals surface area (Å²) in [7, 11) is 0. The van der Waals surface area contributed by atoms with Gasteiger partial charge in [0.05, 0.1) is 5.69 Å². The third kappa shape index (κ3) is 3.66. The Kier molecular flexibility index (Phi) is 5.06. The van der Waals surface area contributed by atoms with Crippen molar-refractivity contribution in [1.82, 2.24) is 4.40 Å². The fourth-order valence-corrected chi connectivity index (χ4v) is 4.38. The Morgan fingerprint density at radius 3 is 2.59 bits per heavy atom. The lowest BCUT2D eigenvalue weighted by Crippen LogP contribution is -1.94. The number of nitrogens with zero attached hydrogens (tertiary/aromatic N) is 1. The Hall–Kier alpha value is -2.49. The van der Waals surface area contributed by atoms with E-state index < -0.39 is 0 Å². The number of aryl methyl sites for hydroxylation is 1. The molecule has 0 saturated carbocycles. The van der Waals surface area contributed by atoms with Crippen LogP contribution in [0.1, 0.15) is 21.6 Å². The van der Waals surface area contributed by atoms with Gasteiger partial charge < -0.3 is 4.40 Å². The molecule has 4 aromatic rings. The van der Waals surface area contributed by atoms with Crippen molar-refractivity contribution in [2.45, 2.75) is 17.6 Å². The zero-order chi connectivity index (χ0) is 18.8. The zero-order valence-electron chi connectivity index (χ0n) is 14.9. The van der Waals surface area contributed by atoms with Gasteiger partial charge in [-0.1, -0.05) is 48.0 Å². The molecule has 0 saturated heterocycles. The zero-order valence-corrected chi connectivity index (χ0v) is 16.4. The van der Waals surface area contributed by atoms with E-state index in [0.29, 0.717) is 10.7 Å². The summed E-state index contributed by atoms with van der Waals surface area (Å²) >= 11 is 8.05. The Balaban J connectivity index is 1.80. The first-order valence-electron chi connectivity index (χ1n) is 8.69. The summed E-state index contributed by atoms with van der Waals surface area (Å²) in [6.07, 6.45) is 2.91. The minimum Gasteiger partial charge on any atom is -0.313 e. The van der Waals surface area contributed by atoms with Gasteiger partial charge >= 0.3 is 0 Å². The third-order valence-electron chi connectivity index (χ3n) is 4.54. The van der Waals surface area contributed by atoms with Gasteiger partial charge in [-0.05, 0) is 53.9 Å². The fourth-order valence-electron chi connectivity index (χ4n) is 3.21. The number of aldehydes is 1. The van der Waals surface area contributed by atoms with Crippen molar-refractivity contribution in [1.29, 1.82) is 0 Å². The van der Waals surface area contributed by atoms with Gasteiger partial charge in [-0.2, -0.15) is 0 Å². The summed E-state index contributed by atoms with van der Waals surface area (Å²) in [5, 5.41) is 0.664. The molecule has 2 nitrogen and oxygen atoms in total. The van der Waals surface area contributed by atoms with E-state index in [1.807, 2.05) is 60.0 Å². The van der Waals surface area contributed by atoms with Crippen molar-refractivity contribution < 1.29 is 4.79 Å². The summed E-state index contributed by atoms with van der Waals surface area (Å²) in [6.45, 7) is 2.02. The predicted molar refractivity (Wildman–Crippen MR) is 114 cm³/mol. The van der Waals surface area contributed by atoms with E-state index in [2.05, 4.69) is 24.3 Å². The molecule has 0 unspecified atom stereocenters. The van der Waals surface area contributed by atoms with Gasteiger partial charge in [-0.25, -0.2) is 0 Å². The van der Waals surface area contributed by atoms with Crippen molar-refractivity contribution in [3.8, 4) is 11.1 Å². The molecule has 0 bridgehead atoms. The smallest absolute Gasteiger partial charge is 0.167 e. The molecule has 4 heteroatoms. The quantitative estimate of drug-likeness (QED) is 0.280. The number of halogens is 1. The van der Waals surface area contributed by atoms with Crippen LogP contribution in [-0.4, -0.2) is 10.7 Å². The van der Waals surface area contributed by atoms with Crippen LogP contribution in [-0.2, 0) is 5.75 Å². The van der Waals surface area contributed by atoms with Crippen LogP contribution in [0.5, 0.6) is 0 Å². The van der Waals surface area contributed by atoms with Gasteiger partial charge in [0.15, 0.2) is 6.29 Å². The summed E-state index contributed by atoms with van der Waals surface area (Å²) in [5.41, 5.74) is 5.92. The molecular formula is C23H18ClNOS. The lowest BCUT2D eigenvalue weighted by Gasteiger charge is -2.10. The van der Waals surface area contributed by atoms with Crippen LogP contribution in [0.4, 0.5) is 0 Å². The SMILES string of the molecule is Cc1ccc2cc(-c3cc(Cl)ccc3SCc3ccccc3)c(C=O)n2c1. The van der Waals surface area contributed by atoms with Crippen molar-refractivity contribution in [3.63, 3.8) is 0 Å². The van der Waals surface area contributed by atoms with Gasteiger partial charge in [-0.15, -0.1) is 11.8 Å². The summed E-state index contributed by atoms with van der Waals surface area (Å²) < 4.78 is 1.95. The van der Waals surface area contributed by atoms with Crippen LogP contribution in [0, 0.1) is 6.92 Å². The van der Waals surface area contributed by atoms with Crippen LogP contribution < -0.4 is 0 Å². The molecule has 0 aliphatic heterocycles. The van der Waals surface area contributed by atoms with Crippen LogP contribution in [0.25, 0.3) is 16.6 Å². The molecule has 2 aromatic carbocycles. The number of hydrogen-bond acceptors (Lipinski definition) is 2. The van der Waals surface area contributed by atoms with Crippen LogP contribution in [0.2, 0.25) is 5.02 Å². The van der Waals surface area contributed by atoms with E-state index in [-0.39, 0.29) is 0 Å². The second kappa shape index (κ2) is 7.63. The van der Waals surface area contributed by atoms with Gasteiger partial charge in [0.25, 0.3) is 0 Å². The molecular weight excluding hydrogens is 374 g/mol. The topological polar surface area (TPSA) is 21.5 Å². The number of thioether (sulfide) groups is 1. The average Bonchev–Trinajstić information content (AvgIpc) is 3.05. The number of carbonyl (C=O) groups excluding carboxylic acids is 1. The number of hydrogen-bond donors (Lipinski definition) is 0. The van der Waals surface area contributed by atoms with Crippen molar-refractivity contribution in [2.75, 3.05) is 0 Å². The number of benzene rings is 2. The van der Waals surface area contributed by atoms with Crippen molar-refractivity contribution in [2.24, 2.45) is 0 Å². The first-order valence-corrected chi connectivity index (χ1v) is 10.1. The largest absolute Gasteiger partial charge is 0.313 e. The van der Waals surface area contributed by atoms with Crippen molar-refractivity contribution >= 4 is 35.2 Å². The third-order valence-corrected chi connectivity index (χ3v) is 5.92. The molecule has 0 amide bonds. The Bertz CT molecular complexity index is 1120. The highest BCUT2D eigenvalue weighted by molar-refractivity contribution is 7.98. The Labute approximate surface area is 167 Å². The van der Waals surface area contributed by atoms with E-state index in [0.717, 1.165) is 39.1 Å². The average molecular weight is 392 g/mol. The predicted octanol–water partition coefficient (Wildman–Crippen LogP) is 6.67. The maximum Gasteiger partial charge on any atom is 0.167 e. The van der Waals surface area contributed by atoms with Crippen LogP contribution in [0.3, 0.4) is 0 Å². The fraction of sp³-hybridized carbons (Fsp3) is 0.0870. The van der Waals surface area contributed by atoms with Gasteiger partial charge in [0, 0.05) is 32.9 Å². The number of carbonyl (C=O) groups is 1. The summed E-state index contributed by atoms with van der Waals surface area (Å²) in [5.74, 6) is 0.859. The molecule has 0 aliphatic rings. The summed E-state index contributed by atoms with van der Waals surface area (Å²) in [4.78, 5) is 13.0. The highest BCUT2D eigenvalue weighted by Crippen LogP contribution is 2.38. The van der Waals surface area contributed by atoms with E-state index in [1.54, 1.807) is 11.8 Å². The second-order valence-electron chi connectivity index (χ2n) is 6.48. The number of aromatic nitrogens is 1. The molecule has 0 aliphatic carbocycles. The highest BCUT2D eigenvalue weighted by atomic mass is 35.5. The van der Waals surface area contributed by atoms with Gasteiger partial charge in [0.1, 0.15) is 0 Å². The maximum absolute atomic E-state index is 11.9. The molecule has 0 fully saturated rings. The Morgan fingerprint density at radius 1 is 1.00 bits per heavy atom. The number of pyridine rings is 1. The normalized spacial score (nSPS) is 11.0. The molecule has 2 aromatic heterocycles. The monoisotopic (exact) mass is 391 g/mol. The lowest BCUT2D eigenvalue weighted by atomic mass is 10.1. The van der Waals surface area contributed by atoms with E-state index in [1.165, 1.54) is 5.56 Å². The maximum atomic E-state index is 11.9. The molecule has 0 radical (unpaired) electrons. The number of rotatable bonds is 5. The van der Waals surface area contributed by atoms with Crippen LogP contribution in [0.15, 0.2) is 77.8 Å². The molecule has 2 heterocycles. The molecule has 0 spiro atoms. The van der Waals surface area contributed by atoms with E-state index in [9.17, 15) is 4.79 Å². The van der Waals surface area contributed by atoms with E-state index in [4.69, 9.17) is 11.6 Å². The molecule has 4 rings (SSSR count). The van der Waals surface area contributed by atoms with Gasteiger partial charge in [-0.3, -0.25) is 4.79 Å². The second-order valence-corrected chi connectivity index (χ2v) is 7.93. The minimum atomic E-state index is 0.650. The first-order chi connectivity index (χ1) is 13.2. The van der Waals surface area contributed by atoms with E-state index >= 15 is 0 Å². The molecule has 27 heavy (non-hydrogen) atoms. The Morgan fingerprint density at radius 2 is 1.81 bits per heavy atom. The number of fused-ring (bicyclic) bond motifs is 1. The van der Waals surface area contributed by atoms with Gasteiger partial charge in [0.2, 0.25) is 0 Å². The molecule has 0 N–H and O–H groups in total. The summed E-state index contributed by atoms with van der Waals surface area (Å²) in [6, 6.07) is 22.4.